The van der Waals surface area contributed by atoms with E-state index in [1.165, 1.54) is 22.9 Å². The predicted octanol–water partition coefficient (Wildman–Crippen LogP) is 2.16. The van der Waals surface area contributed by atoms with Gasteiger partial charge in [0.2, 0.25) is 0 Å². The molecule has 5 heteroatoms. The zero-order valence-electron chi connectivity index (χ0n) is 10.2. The van der Waals surface area contributed by atoms with Crippen LogP contribution in [0.25, 0.3) is 0 Å². The van der Waals surface area contributed by atoms with Crippen molar-refractivity contribution in [1.29, 1.82) is 0 Å². The van der Waals surface area contributed by atoms with Crippen LogP contribution in [-0.4, -0.2) is 4.57 Å². The van der Waals surface area contributed by atoms with Gasteiger partial charge in [0.1, 0.15) is 5.82 Å². The van der Waals surface area contributed by atoms with Gasteiger partial charge in [-0.05, 0) is 24.6 Å². The first kappa shape index (κ1) is 12.2. The molecule has 0 aliphatic rings. The number of nitrogens with one attached hydrogen (secondary N) is 1. The number of anilines is 3. The maximum Gasteiger partial charge on any atom is 0.252 e. The summed E-state index contributed by atoms with van der Waals surface area (Å²) >= 11 is 0. The summed E-state index contributed by atoms with van der Waals surface area (Å²) in [6.45, 7) is 1.81. The third kappa shape index (κ3) is 2.34. The van der Waals surface area contributed by atoms with Crippen molar-refractivity contribution >= 4 is 17.1 Å². The van der Waals surface area contributed by atoms with E-state index >= 15 is 0 Å². The first-order chi connectivity index (χ1) is 8.47. The summed E-state index contributed by atoms with van der Waals surface area (Å²) in [4.78, 5) is 11.5. The number of hydrogen-bond acceptors (Lipinski definition) is 3. The van der Waals surface area contributed by atoms with Gasteiger partial charge < -0.3 is 15.6 Å². The smallest absolute Gasteiger partial charge is 0.252 e. The van der Waals surface area contributed by atoms with Gasteiger partial charge in [0.15, 0.2) is 0 Å². The minimum Gasteiger partial charge on any atom is -0.396 e. The van der Waals surface area contributed by atoms with Gasteiger partial charge in [0.05, 0.1) is 17.1 Å². The monoisotopic (exact) mass is 247 g/mol. The molecule has 2 rings (SSSR count). The first-order valence-corrected chi connectivity index (χ1v) is 5.46. The normalized spacial score (nSPS) is 10.4. The SMILES string of the molecule is Cc1ccc(Nc2cc(=O)n(C)cc2N)c(F)c1. The average Bonchev–Trinajstić information content (AvgIpc) is 2.29. The highest BCUT2D eigenvalue weighted by molar-refractivity contribution is 5.71. The van der Waals surface area contributed by atoms with Crippen LogP contribution in [-0.2, 0) is 7.05 Å². The van der Waals surface area contributed by atoms with Gasteiger partial charge in [0, 0.05) is 19.3 Å². The van der Waals surface area contributed by atoms with Gasteiger partial charge in [-0.2, -0.15) is 0 Å². The third-order valence-corrected chi connectivity index (χ3v) is 2.65. The van der Waals surface area contributed by atoms with E-state index in [9.17, 15) is 9.18 Å². The third-order valence-electron chi connectivity index (χ3n) is 2.65. The van der Waals surface area contributed by atoms with E-state index in [1.54, 1.807) is 26.1 Å². The van der Waals surface area contributed by atoms with Crippen LogP contribution in [0.4, 0.5) is 21.5 Å². The van der Waals surface area contributed by atoms with Crippen LogP contribution in [0.5, 0.6) is 0 Å². The maximum absolute atomic E-state index is 13.7. The van der Waals surface area contributed by atoms with E-state index in [1.807, 2.05) is 0 Å². The van der Waals surface area contributed by atoms with Crippen LogP contribution in [0.15, 0.2) is 35.3 Å². The fourth-order valence-electron chi connectivity index (χ4n) is 1.63. The molecule has 18 heavy (non-hydrogen) atoms. The predicted molar refractivity (Wildman–Crippen MR) is 70.5 cm³/mol. The highest BCUT2D eigenvalue weighted by Crippen LogP contribution is 2.23. The molecule has 2 aromatic rings. The van der Waals surface area contributed by atoms with Crippen molar-refractivity contribution in [3.8, 4) is 0 Å². The fourth-order valence-corrected chi connectivity index (χ4v) is 1.63. The standard InChI is InChI=1S/C13H14FN3O/c1-8-3-4-11(9(14)5-8)16-12-6-13(18)17(2)7-10(12)15/h3-7,16H,15H2,1-2H3. The lowest BCUT2D eigenvalue weighted by Crippen LogP contribution is -2.17. The lowest BCUT2D eigenvalue weighted by molar-refractivity contribution is 0.630. The number of rotatable bonds is 2. The number of nitrogens with zero attached hydrogens (tertiary/aromatic N) is 1. The Balaban J connectivity index is 2.40. The number of hydrogen-bond donors (Lipinski definition) is 2. The molecule has 0 saturated heterocycles. The molecular weight excluding hydrogens is 233 g/mol. The molecule has 94 valence electrons. The van der Waals surface area contributed by atoms with E-state index in [0.29, 0.717) is 17.1 Å². The van der Waals surface area contributed by atoms with E-state index < -0.39 is 0 Å². The number of benzene rings is 1. The molecule has 0 aliphatic carbocycles. The number of pyridine rings is 1. The lowest BCUT2D eigenvalue weighted by Gasteiger charge is -2.11. The number of nitrogens with two attached hydrogens (primary N) is 1. The number of halogens is 1. The van der Waals surface area contributed by atoms with Crippen molar-refractivity contribution < 1.29 is 4.39 Å². The van der Waals surface area contributed by atoms with Crippen LogP contribution in [0, 0.1) is 12.7 Å². The number of aromatic nitrogens is 1. The van der Waals surface area contributed by atoms with Crippen molar-refractivity contribution in [2.24, 2.45) is 7.05 Å². The second-order valence-electron chi connectivity index (χ2n) is 4.20. The molecule has 0 unspecified atom stereocenters. The molecule has 0 radical (unpaired) electrons. The second kappa shape index (κ2) is 4.52. The van der Waals surface area contributed by atoms with Crippen molar-refractivity contribution in [2.75, 3.05) is 11.1 Å². The van der Waals surface area contributed by atoms with Crippen LogP contribution < -0.4 is 16.6 Å². The van der Waals surface area contributed by atoms with Crippen LogP contribution in [0.3, 0.4) is 0 Å². The molecule has 0 bridgehead atoms. The van der Waals surface area contributed by atoms with Crippen molar-refractivity contribution in [3.05, 3.63) is 52.2 Å². The minimum absolute atomic E-state index is 0.209. The van der Waals surface area contributed by atoms with E-state index in [0.717, 1.165) is 5.56 Å². The van der Waals surface area contributed by atoms with Crippen LogP contribution in [0.1, 0.15) is 5.56 Å². The highest BCUT2D eigenvalue weighted by Gasteiger charge is 2.06. The second-order valence-corrected chi connectivity index (χ2v) is 4.20. The molecule has 4 nitrogen and oxygen atoms in total. The molecule has 0 fully saturated rings. The van der Waals surface area contributed by atoms with E-state index in [2.05, 4.69) is 5.32 Å². The Morgan fingerprint density at radius 1 is 1.28 bits per heavy atom. The molecule has 0 spiro atoms. The topological polar surface area (TPSA) is 60.0 Å². The average molecular weight is 247 g/mol. The van der Waals surface area contributed by atoms with Gasteiger partial charge in [-0.25, -0.2) is 4.39 Å². The molecule has 0 aliphatic heterocycles. The zero-order valence-corrected chi connectivity index (χ0v) is 10.2. The number of aryl methyl sites for hydroxylation is 2. The van der Waals surface area contributed by atoms with E-state index in [4.69, 9.17) is 5.73 Å². The largest absolute Gasteiger partial charge is 0.396 e. The Morgan fingerprint density at radius 2 is 2.00 bits per heavy atom. The summed E-state index contributed by atoms with van der Waals surface area (Å²) in [6, 6.07) is 6.15. The summed E-state index contributed by atoms with van der Waals surface area (Å²) < 4.78 is 15.0. The van der Waals surface area contributed by atoms with Gasteiger partial charge in [-0.3, -0.25) is 4.79 Å². The molecule has 1 heterocycles. The highest BCUT2D eigenvalue weighted by atomic mass is 19.1. The first-order valence-electron chi connectivity index (χ1n) is 5.46. The Labute approximate surface area is 104 Å². The van der Waals surface area contributed by atoms with Gasteiger partial charge in [-0.1, -0.05) is 6.07 Å². The molecule has 1 aromatic heterocycles. The van der Waals surface area contributed by atoms with Crippen molar-refractivity contribution in [1.82, 2.24) is 4.57 Å². The Bertz CT molecular complexity index is 649. The molecule has 0 saturated carbocycles. The zero-order chi connectivity index (χ0) is 13.3. The Morgan fingerprint density at radius 3 is 2.67 bits per heavy atom. The summed E-state index contributed by atoms with van der Waals surface area (Å²) in [5.41, 5.74) is 7.47. The lowest BCUT2D eigenvalue weighted by atomic mass is 10.2. The Kier molecular flexibility index (Phi) is 3.06. The van der Waals surface area contributed by atoms with Crippen molar-refractivity contribution in [2.45, 2.75) is 6.92 Å². The molecule has 0 atom stereocenters. The van der Waals surface area contributed by atoms with Gasteiger partial charge >= 0.3 is 0 Å². The van der Waals surface area contributed by atoms with Crippen LogP contribution in [0.2, 0.25) is 0 Å². The maximum atomic E-state index is 13.7. The van der Waals surface area contributed by atoms with Gasteiger partial charge in [0.25, 0.3) is 5.56 Å². The quantitative estimate of drug-likeness (QED) is 0.855. The molecule has 0 amide bonds. The van der Waals surface area contributed by atoms with Crippen molar-refractivity contribution in [3.63, 3.8) is 0 Å². The fraction of sp³-hybridized carbons (Fsp3) is 0.154. The number of nitrogen functional groups attached to an aromatic ring is 1. The summed E-state index contributed by atoms with van der Waals surface area (Å²) in [7, 11) is 1.61. The van der Waals surface area contributed by atoms with E-state index in [-0.39, 0.29) is 11.4 Å². The summed E-state index contributed by atoms with van der Waals surface area (Å²) in [5, 5.41) is 2.82. The summed E-state index contributed by atoms with van der Waals surface area (Å²) in [5.74, 6) is -0.380. The van der Waals surface area contributed by atoms with Crippen LogP contribution >= 0.6 is 0 Å². The van der Waals surface area contributed by atoms with Gasteiger partial charge in [-0.15, -0.1) is 0 Å². The molecule has 1 aromatic carbocycles. The Hall–Kier alpha value is -2.30. The summed E-state index contributed by atoms with van der Waals surface area (Å²) in [6.07, 6.45) is 1.50. The molecule has 3 N–H and O–H groups in total. The minimum atomic E-state index is -0.380. The molecular formula is C13H14FN3O.